The molecular weight excluding hydrogens is 398 g/mol. The van der Waals surface area contributed by atoms with Gasteiger partial charge in [0, 0.05) is 38.3 Å². The van der Waals surface area contributed by atoms with Gasteiger partial charge >= 0.3 is 6.01 Å². The number of rotatable bonds is 12. The summed E-state index contributed by atoms with van der Waals surface area (Å²) in [5.74, 6) is 0.827. The fourth-order valence-corrected chi connectivity index (χ4v) is 3.31. The predicted octanol–water partition coefficient (Wildman–Crippen LogP) is 1.61. The van der Waals surface area contributed by atoms with Crippen LogP contribution >= 0.6 is 0 Å². The normalized spacial score (nSPS) is 13.3. The standard InChI is InChI=1S/C21H31N7O3/c1-4-5-17(8-9-29)31-21-26-19(22)20-25-13-16(28(20)27-21)10-15-6-7-18(24-12-15)30-14(2)11-23-3/h6-7,12-14,17,23,29H,4-5,8-11H2,1-3H3,(H2,22,26,27). The van der Waals surface area contributed by atoms with E-state index >= 15 is 0 Å². The predicted molar refractivity (Wildman–Crippen MR) is 117 cm³/mol. The number of aliphatic hydroxyl groups is 1. The fourth-order valence-electron chi connectivity index (χ4n) is 3.31. The summed E-state index contributed by atoms with van der Waals surface area (Å²) in [6, 6.07) is 4.00. The number of aliphatic hydroxyl groups excluding tert-OH is 1. The van der Waals surface area contributed by atoms with Gasteiger partial charge in [-0.3, -0.25) is 0 Å². The van der Waals surface area contributed by atoms with Gasteiger partial charge in [-0.15, -0.1) is 5.10 Å². The van der Waals surface area contributed by atoms with Crippen molar-refractivity contribution < 1.29 is 14.6 Å². The van der Waals surface area contributed by atoms with Crippen LogP contribution in [0, 0.1) is 0 Å². The van der Waals surface area contributed by atoms with Crippen LogP contribution in [0.5, 0.6) is 11.9 Å². The molecule has 0 spiro atoms. The van der Waals surface area contributed by atoms with Gasteiger partial charge in [0.15, 0.2) is 11.5 Å². The number of nitrogens with two attached hydrogens (primary N) is 1. The molecule has 10 nitrogen and oxygen atoms in total. The first-order chi connectivity index (χ1) is 15.0. The fraction of sp³-hybridized carbons (Fsp3) is 0.524. The van der Waals surface area contributed by atoms with Crippen molar-refractivity contribution in [1.29, 1.82) is 0 Å². The van der Waals surface area contributed by atoms with Gasteiger partial charge in [-0.2, -0.15) is 4.98 Å². The Hall–Kier alpha value is -2.98. The zero-order valence-corrected chi connectivity index (χ0v) is 18.3. The number of nitrogens with one attached hydrogen (secondary N) is 1. The third kappa shape index (κ3) is 6.02. The monoisotopic (exact) mass is 429 g/mol. The molecule has 2 unspecified atom stereocenters. The van der Waals surface area contributed by atoms with E-state index < -0.39 is 0 Å². The number of anilines is 1. The molecule has 3 aromatic rings. The zero-order chi connectivity index (χ0) is 22.2. The Kier molecular flexibility index (Phi) is 7.96. The van der Waals surface area contributed by atoms with Crippen molar-refractivity contribution in [3.05, 3.63) is 35.8 Å². The molecule has 4 N–H and O–H groups in total. The number of nitrogen functional groups attached to an aromatic ring is 1. The van der Waals surface area contributed by atoms with Crippen LogP contribution in [0.4, 0.5) is 5.82 Å². The lowest BCUT2D eigenvalue weighted by Crippen LogP contribution is -2.26. The zero-order valence-electron chi connectivity index (χ0n) is 18.3. The topological polar surface area (TPSA) is 133 Å². The average Bonchev–Trinajstić information content (AvgIpc) is 3.13. The molecule has 0 aliphatic rings. The summed E-state index contributed by atoms with van der Waals surface area (Å²) in [6.45, 7) is 4.83. The van der Waals surface area contributed by atoms with Crippen molar-refractivity contribution in [3.8, 4) is 11.9 Å². The van der Waals surface area contributed by atoms with Crippen LogP contribution in [-0.2, 0) is 6.42 Å². The molecule has 0 aliphatic carbocycles. The molecule has 0 bridgehead atoms. The Labute approximate surface area is 181 Å². The van der Waals surface area contributed by atoms with Gasteiger partial charge in [0.25, 0.3) is 0 Å². The molecule has 0 radical (unpaired) electrons. The van der Waals surface area contributed by atoms with Gasteiger partial charge in [-0.1, -0.05) is 19.4 Å². The minimum atomic E-state index is -0.166. The van der Waals surface area contributed by atoms with Gasteiger partial charge in [0.05, 0.1) is 11.9 Å². The SMILES string of the molecule is CCCC(CCO)Oc1nc(N)c2ncc(Cc3ccc(OC(C)CNC)nc3)n2n1. The second kappa shape index (κ2) is 10.9. The minimum absolute atomic E-state index is 0.0302. The van der Waals surface area contributed by atoms with Crippen molar-refractivity contribution in [1.82, 2.24) is 29.9 Å². The van der Waals surface area contributed by atoms with Crippen molar-refractivity contribution in [2.75, 3.05) is 25.9 Å². The Bertz CT molecular complexity index is 956. The maximum Gasteiger partial charge on any atom is 0.336 e. The largest absolute Gasteiger partial charge is 0.473 e. The summed E-state index contributed by atoms with van der Waals surface area (Å²) in [7, 11) is 1.88. The third-order valence-corrected chi connectivity index (χ3v) is 4.77. The quantitative estimate of drug-likeness (QED) is 0.393. The number of imidazole rings is 1. The summed E-state index contributed by atoms with van der Waals surface area (Å²) in [5.41, 5.74) is 8.38. The second-order valence-electron chi connectivity index (χ2n) is 7.47. The Morgan fingerprint density at radius 3 is 2.71 bits per heavy atom. The van der Waals surface area contributed by atoms with E-state index in [1.165, 1.54) is 0 Å². The third-order valence-electron chi connectivity index (χ3n) is 4.77. The smallest absolute Gasteiger partial charge is 0.336 e. The summed E-state index contributed by atoms with van der Waals surface area (Å²) < 4.78 is 13.3. The van der Waals surface area contributed by atoms with Gasteiger partial charge in [0.1, 0.15) is 12.2 Å². The molecule has 3 aromatic heterocycles. The van der Waals surface area contributed by atoms with Crippen molar-refractivity contribution >= 4 is 11.5 Å². The van der Waals surface area contributed by atoms with Crippen LogP contribution < -0.4 is 20.5 Å². The molecule has 0 saturated heterocycles. The van der Waals surface area contributed by atoms with E-state index in [4.69, 9.17) is 15.2 Å². The highest BCUT2D eigenvalue weighted by atomic mass is 16.5. The van der Waals surface area contributed by atoms with Gasteiger partial charge in [0.2, 0.25) is 5.88 Å². The van der Waals surface area contributed by atoms with Crippen LogP contribution in [0.25, 0.3) is 5.65 Å². The molecule has 0 amide bonds. The lowest BCUT2D eigenvalue weighted by Gasteiger charge is -2.16. The van der Waals surface area contributed by atoms with Gasteiger partial charge in [-0.25, -0.2) is 14.5 Å². The Morgan fingerprint density at radius 1 is 1.19 bits per heavy atom. The van der Waals surface area contributed by atoms with Crippen molar-refractivity contribution in [2.45, 2.75) is 51.7 Å². The van der Waals surface area contributed by atoms with Crippen molar-refractivity contribution in [3.63, 3.8) is 0 Å². The van der Waals surface area contributed by atoms with E-state index in [1.54, 1.807) is 16.9 Å². The molecule has 31 heavy (non-hydrogen) atoms. The molecule has 3 rings (SSSR count). The molecule has 0 aliphatic heterocycles. The molecule has 0 saturated carbocycles. The first kappa shape index (κ1) is 22.7. The summed E-state index contributed by atoms with van der Waals surface area (Å²) >= 11 is 0. The molecule has 0 aromatic carbocycles. The molecule has 0 fully saturated rings. The number of fused-ring (bicyclic) bond motifs is 1. The maximum absolute atomic E-state index is 9.26. The van der Waals surface area contributed by atoms with Crippen LogP contribution in [0.2, 0.25) is 0 Å². The van der Waals surface area contributed by atoms with E-state index in [1.807, 2.05) is 26.1 Å². The first-order valence-electron chi connectivity index (χ1n) is 10.6. The number of likely N-dealkylation sites (N-methyl/N-ethyl adjacent to an activating group) is 1. The van der Waals surface area contributed by atoms with E-state index in [0.29, 0.717) is 24.4 Å². The molecule has 3 heterocycles. The number of nitrogens with zero attached hydrogens (tertiary/aromatic N) is 5. The molecule has 2 atom stereocenters. The van der Waals surface area contributed by atoms with Crippen LogP contribution in [-0.4, -0.2) is 62.1 Å². The van der Waals surface area contributed by atoms with Crippen LogP contribution in [0.15, 0.2) is 24.5 Å². The van der Waals surface area contributed by atoms with E-state index in [2.05, 4.69) is 32.3 Å². The van der Waals surface area contributed by atoms with E-state index in [0.717, 1.165) is 30.6 Å². The van der Waals surface area contributed by atoms with Crippen LogP contribution in [0.3, 0.4) is 0 Å². The highest BCUT2D eigenvalue weighted by molar-refractivity contribution is 5.59. The summed E-state index contributed by atoms with van der Waals surface area (Å²) in [6.07, 6.45) is 6.17. The number of aromatic nitrogens is 5. The summed E-state index contributed by atoms with van der Waals surface area (Å²) in [5, 5.41) is 16.8. The number of hydrogen-bond acceptors (Lipinski definition) is 9. The summed E-state index contributed by atoms with van der Waals surface area (Å²) in [4.78, 5) is 13.0. The molecule has 168 valence electrons. The number of ether oxygens (including phenoxy) is 2. The average molecular weight is 430 g/mol. The lowest BCUT2D eigenvalue weighted by atomic mass is 10.1. The van der Waals surface area contributed by atoms with Crippen LogP contribution in [0.1, 0.15) is 44.4 Å². The highest BCUT2D eigenvalue weighted by Gasteiger charge is 2.16. The molecular formula is C21H31N7O3. The second-order valence-corrected chi connectivity index (χ2v) is 7.47. The van der Waals surface area contributed by atoms with Crippen molar-refractivity contribution in [2.24, 2.45) is 0 Å². The van der Waals surface area contributed by atoms with Gasteiger partial charge in [-0.05, 0) is 26.0 Å². The minimum Gasteiger partial charge on any atom is -0.473 e. The van der Waals surface area contributed by atoms with Gasteiger partial charge < -0.3 is 25.6 Å². The number of hydrogen-bond donors (Lipinski definition) is 3. The molecule has 10 heteroatoms. The van der Waals surface area contributed by atoms with E-state index in [-0.39, 0.29) is 30.6 Å². The van der Waals surface area contributed by atoms with E-state index in [9.17, 15) is 5.11 Å². The Morgan fingerprint density at radius 2 is 2.03 bits per heavy atom. The Balaban J connectivity index is 1.77. The first-order valence-corrected chi connectivity index (χ1v) is 10.6. The highest BCUT2D eigenvalue weighted by Crippen LogP contribution is 2.19. The number of pyridine rings is 1. The lowest BCUT2D eigenvalue weighted by molar-refractivity contribution is 0.133. The maximum atomic E-state index is 9.26.